The van der Waals surface area contributed by atoms with Crippen molar-refractivity contribution in [3.63, 3.8) is 0 Å². The van der Waals surface area contributed by atoms with E-state index in [9.17, 15) is 9.50 Å². The van der Waals surface area contributed by atoms with Crippen LogP contribution in [-0.2, 0) is 13.1 Å². The van der Waals surface area contributed by atoms with Crippen molar-refractivity contribution in [2.45, 2.75) is 19.2 Å². The lowest BCUT2D eigenvalue weighted by molar-refractivity contribution is 0.0592. The molecule has 136 valence electrons. The number of hydrogen-bond donors (Lipinski definition) is 1. The van der Waals surface area contributed by atoms with Crippen molar-refractivity contribution in [3.8, 4) is 5.75 Å². The number of aliphatic hydroxyl groups excluding tert-OH is 1. The summed E-state index contributed by atoms with van der Waals surface area (Å²) in [4.78, 5) is 2.07. The third-order valence-electron chi connectivity index (χ3n) is 3.95. The number of aliphatic hydroxyl groups is 1. The summed E-state index contributed by atoms with van der Waals surface area (Å²) in [7, 11) is 0. The minimum absolute atomic E-state index is 0.0182. The molecule has 0 saturated heterocycles. The first-order valence-electron chi connectivity index (χ1n) is 8.55. The molecule has 1 aromatic heterocycles. The van der Waals surface area contributed by atoms with Crippen molar-refractivity contribution >= 4 is 0 Å². The van der Waals surface area contributed by atoms with Crippen LogP contribution in [0.15, 0.2) is 77.4 Å². The average Bonchev–Trinajstić information content (AvgIpc) is 3.15. The Morgan fingerprint density at radius 2 is 1.73 bits per heavy atom. The van der Waals surface area contributed by atoms with Crippen LogP contribution in [0.1, 0.15) is 11.3 Å². The zero-order valence-corrected chi connectivity index (χ0v) is 14.4. The molecule has 0 bridgehead atoms. The van der Waals surface area contributed by atoms with Crippen LogP contribution in [-0.4, -0.2) is 29.3 Å². The zero-order chi connectivity index (χ0) is 18.2. The Balaban J connectivity index is 1.59. The Hall–Kier alpha value is -2.63. The van der Waals surface area contributed by atoms with Crippen molar-refractivity contribution in [2.75, 3.05) is 13.2 Å². The van der Waals surface area contributed by atoms with Gasteiger partial charge in [-0.1, -0.05) is 42.5 Å². The number of ether oxygens (including phenoxy) is 1. The van der Waals surface area contributed by atoms with Gasteiger partial charge in [0.25, 0.3) is 0 Å². The van der Waals surface area contributed by atoms with Gasteiger partial charge in [0.1, 0.15) is 18.5 Å². The molecule has 0 aliphatic carbocycles. The van der Waals surface area contributed by atoms with E-state index in [0.717, 1.165) is 11.3 Å². The molecule has 1 heterocycles. The second-order valence-corrected chi connectivity index (χ2v) is 6.13. The predicted octanol–water partition coefficient (Wildman–Crippen LogP) is 3.86. The number of furan rings is 1. The minimum atomic E-state index is -0.756. The summed E-state index contributed by atoms with van der Waals surface area (Å²) in [6, 6.07) is 19.9. The highest BCUT2D eigenvalue weighted by Crippen LogP contribution is 2.16. The van der Waals surface area contributed by atoms with E-state index < -0.39 is 11.9 Å². The van der Waals surface area contributed by atoms with E-state index in [-0.39, 0.29) is 12.4 Å². The Kier molecular flexibility index (Phi) is 6.41. The van der Waals surface area contributed by atoms with Gasteiger partial charge in [0.05, 0.1) is 12.8 Å². The van der Waals surface area contributed by atoms with Crippen LogP contribution in [0.4, 0.5) is 4.39 Å². The van der Waals surface area contributed by atoms with E-state index in [4.69, 9.17) is 9.15 Å². The monoisotopic (exact) mass is 355 g/mol. The molecular weight excluding hydrogens is 333 g/mol. The lowest BCUT2D eigenvalue weighted by atomic mass is 10.2. The van der Waals surface area contributed by atoms with E-state index in [1.165, 1.54) is 6.07 Å². The molecule has 0 amide bonds. The SMILES string of the molecule is OC(COc1ccccc1F)CN(Cc1ccccc1)Cc1ccco1. The topological polar surface area (TPSA) is 45.8 Å². The Labute approximate surface area is 152 Å². The molecular formula is C21H22FNO3. The molecule has 0 radical (unpaired) electrons. The third-order valence-corrected chi connectivity index (χ3v) is 3.95. The Morgan fingerprint density at radius 1 is 0.962 bits per heavy atom. The van der Waals surface area contributed by atoms with Crippen LogP contribution in [0.5, 0.6) is 5.75 Å². The van der Waals surface area contributed by atoms with Gasteiger partial charge in [0.2, 0.25) is 0 Å². The van der Waals surface area contributed by atoms with Gasteiger partial charge in [-0.2, -0.15) is 0 Å². The summed E-state index contributed by atoms with van der Waals surface area (Å²) in [5.41, 5.74) is 1.14. The molecule has 5 heteroatoms. The maximum Gasteiger partial charge on any atom is 0.165 e. The summed E-state index contributed by atoms with van der Waals surface area (Å²) in [6.45, 7) is 1.63. The summed E-state index contributed by atoms with van der Waals surface area (Å²) in [6.07, 6.45) is 0.876. The molecule has 3 rings (SSSR count). The van der Waals surface area contributed by atoms with Gasteiger partial charge in [0.15, 0.2) is 11.6 Å². The number of hydrogen-bond acceptors (Lipinski definition) is 4. The molecule has 3 aromatic rings. The predicted molar refractivity (Wildman–Crippen MR) is 97.2 cm³/mol. The van der Waals surface area contributed by atoms with E-state index in [1.807, 2.05) is 42.5 Å². The van der Waals surface area contributed by atoms with Crippen LogP contribution in [0.25, 0.3) is 0 Å². The highest BCUT2D eigenvalue weighted by atomic mass is 19.1. The maximum absolute atomic E-state index is 13.6. The molecule has 1 unspecified atom stereocenters. The fraction of sp³-hybridized carbons (Fsp3) is 0.238. The highest BCUT2D eigenvalue weighted by molar-refractivity contribution is 5.23. The second kappa shape index (κ2) is 9.17. The quantitative estimate of drug-likeness (QED) is 0.633. The zero-order valence-electron chi connectivity index (χ0n) is 14.4. The third kappa shape index (κ3) is 5.44. The lowest BCUT2D eigenvalue weighted by Crippen LogP contribution is -2.35. The summed E-state index contributed by atoms with van der Waals surface area (Å²) in [5.74, 6) is 0.534. The number of benzene rings is 2. The number of rotatable bonds is 9. The molecule has 4 nitrogen and oxygen atoms in total. The second-order valence-electron chi connectivity index (χ2n) is 6.13. The molecule has 2 aromatic carbocycles. The van der Waals surface area contributed by atoms with Gasteiger partial charge in [-0.05, 0) is 29.8 Å². The number of nitrogens with zero attached hydrogens (tertiary/aromatic N) is 1. The molecule has 1 N–H and O–H groups in total. The average molecular weight is 355 g/mol. The molecule has 0 aliphatic rings. The summed E-state index contributed by atoms with van der Waals surface area (Å²) < 4.78 is 24.4. The highest BCUT2D eigenvalue weighted by Gasteiger charge is 2.15. The van der Waals surface area contributed by atoms with E-state index in [2.05, 4.69) is 4.90 Å². The van der Waals surface area contributed by atoms with Gasteiger partial charge in [0, 0.05) is 13.1 Å². The van der Waals surface area contributed by atoms with E-state index in [1.54, 1.807) is 24.5 Å². The standard InChI is InChI=1S/C21H22FNO3/c22-20-10-4-5-11-21(20)26-16-18(24)14-23(15-19-9-6-12-25-19)13-17-7-2-1-3-8-17/h1-12,18,24H,13-16H2. The molecule has 0 spiro atoms. The molecule has 0 aliphatic heterocycles. The van der Waals surface area contributed by atoms with Gasteiger partial charge >= 0.3 is 0 Å². The molecule has 0 fully saturated rings. The van der Waals surface area contributed by atoms with Crippen LogP contribution < -0.4 is 4.74 Å². The Morgan fingerprint density at radius 3 is 2.46 bits per heavy atom. The smallest absolute Gasteiger partial charge is 0.165 e. The molecule has 26 heavy (non-hydrogen) atoms. The van der Waals surface area contributed by atoms with Crippen LogP contribution in [0.2, 0.25) is 0 Å². The summed E-state index contributed by atoms with van der Waals surface area (Å²) >= 11 is 0. The van der Waals surface area contributed by atoms with Crippen LogP contribution >= 0.6 is 0 Å². The maximum atomic E-state index is 13.6. The van der Waals surface area contributed by atoms with Gasteiger partial charge < -0.3 is 14.3 Å². The van der Waals surface area contributed by atoms with Gasteiger partial charge in [-0.3, -0.25) is 4.90 Å². The first-order valence-corrected chi connectivity index (χ1v) is 8.55. The van der Waals surface area contributed by atoms with E-state index in [0.29, 0.717) is 19.6 Å². The largest absolute Gasteiger partial charge is 0.488 e. The fourth-order valence-electron chi connectivity index (χ4n) is 2.75. The summed E-state index contributed by atoms with van der Waals surface area (Å²) in [5, 5.41) is 10.4. The van der Waals surface area contributed by atoms with Crippen LogP contribution in [0.3, 0.4) is 0 Å². The van der Waals surface area contributed by atoms with Crippen molar-refractivity contribution in [1.82, 2.24) is 4.90 Å². The van der Waals surface area contributed by atoms with Gasteiger partial charge in [-0.15, -0.1) is 0 Å². The lowest BCUT2D eigenvalue weighted by Gasteiger charge is -2.24. The normalized spacial score (nSPS) is 12.3. The van der Waals surface area contributed by atoms with Crippen LogP contribution in [0, 0.1) is 5.82 Å². The van der Waals surface area contributed by atoms with Crippen molar-refractivity contribution in [3.05, 3.63) is 90.1 Å². The van der Waals surface area contributed by atoms with Crippen molar-refractivity contribution in [1.29, 1.82) is 0 Å². The number of halogens is 1. The first kappa shape index (κ1) is 18.2. The minimum Gasteiger partial charge on any atom is -0.488 e. The molecule has 0 saturated carbocycles. The van der Waals surface area contributed by atoms with E-state index >= 15 is 0 Å². The molecule has 1 atom stereocenters. The van der Waals surface area contributed by atoms with Gasteiger partial charge in [-0.25, -0.2) is 4.39 Å². The van der Waals surface area contributed by atoms with Crippen molar-refractivity contribution in [2.24, 2.45) is 0 Å². The first-order chi connectivity index (χ1) is 12.7. The number of para-hydroxylation sites is 1. The van der Waals surface area contributed by atoms with Crippen molar-refractivity contribution < 1.29 is 18.7 Å². The Bertz CT molecular complexity index is 777. The fourth-order valence-corrected chi connectivity index (χ4v) is 2.75.